The van der Waals surface area contributed by atoms with Crippen molar-refractivity contribution in [1.82, 2.24) is 4.98 Å². The summed E-state index contributed by atoms with van der Waals surface area (Å²) in [4.78, 5) is 4.15. The molecule has 0 saturated carbocycles. The zero-order valence-corrected chi connectivity index (χ0v) is 7.38. The predicted octanol–water partition coefficient (Wildman–Crippen LogP) is 3.13. The molecule has 0 aliphatic heterocycles. The van der Waals surface area contributed by atoms with Gasteiger partial charge in [0.25, 0.3) is 0 Å². The van der Waals surface area contributed by atoms with Crippen LogP contribution in [-0.4, -0.2) is 4.98 Å². The molecule has 0 N–H and O–H groups in total. The van der Waals surface area contributed by atoms with Gasteiger partial charge in [-0.25, -0.2) is 0 Å². The Hall–Kier alpha value is -1.02. The average molecular weight is 182 g/mol. The van der Waals surface area contributed by atoms with Crippen molar-refractivity contribution >= 4 is 22.6 Å². The van der Waals surface area contributed by atoms with Gasteiger partial charge >= 0.3 is 0 Å². The van der Waals surface area contributed by atoms with Crippen molar-refractivity contribution in [3.8, 4) is 0 Å². The lowest BCUT2D eigenvalue weighted by molar-refractivity contribution is 0.614. The minimum atomic E-state index is -0.0516. The molecule has 2 aromatic heterocycles. The van der Waals surface area contributed by atoms with Crippen LogP contribution in [0.2, 0.25) is 0 Å². The number of hydrogen-bond donors (Lipinski definition) is 0. The van der Waals surface area contributed by atoms with Gasteiger partial charge < -0.3 is 4.42 Å². The first-order valence-corrected chi connectivity index (χ1v) is 4.18. The van der Waals surface area contributed by atoms with Crippen molar-refractivity contribution in [2.24, 2.45) is 0 Å². The number of halogens is 1. The van der Waals surface area contributed by atoms with E-state index in [1.807, 2.05) is 19.1 Å². The minimum absolute atomic E-state index is 0.0516. The average Bonchev–Trinajstić information content (AvgIpc) is 2.49. The number of rotatable bonds is 1. The highest BCUT2D eigenvalue weighted by molar-refractivity contribution is 6.20. The maximum absolute atomic E-state index is 5.88. The maximum Gasteiger partial charge on any atom is 0.152 e. The van der Waals surface area contributed by atoms with Crippen molar-refractivity contribution in [2.45, 2.75) is 12.3 Å². The van der Waals surface area contributed by atoms with Gasteiger partial charge in [-0.1, -0.05) is 0 Å². The van der Waals surface area contributed by atoms with Gasteiger partial charge in [0.05, 0.1) is 23.5 Å². The number of fused-ring (bicyclic) bond motifs is 1. The molecule has 2 rings (SSSR count). The van der Waals surface area contributed by atoms with Crippen molar-refractivity contribution in [2.75, 3.05) is 0 Å². The zero-order valence-electron chi connectivity index (χ0n) is 6.62. The highest BCUT2D eigenvalue weighted by Gasteiger charge is 2.04. The summed E-state index contributed by atoms with van der Waals surface area (Å²) in [6.07, 6.45) is 3.35. The number of nitrogens with zero attached hydrogens (tertiary/aromatic N) is 1. The van der Waals surface area contributed by atoms with E-state index in [2.05, 4.69) is 4.98 Å². The lowest BCUT2D eigenvalue weighted by Crippen LogP contribution is -1.87. The first kappa shape index (κ1) is 7.62. The third-order valence-corrected chi connectivity index (χ3v) is 1.99. The van der Waals surface area contributed by atoms with Gasteiger partial charge in [-0.05, 0) is 19.1 Å². The summed E-state index contributed by atoms with van der Waals surface area (Å²) in [5.74, 6) is 0. The highest BCUT2D eigenvalue weighted by atomic mass is 35.5. The number of alkyl halides is 1. The van der Waals surface area contributed by atoms with E-state index in [9.17, 15) is 0 Å². The summed E-state index contributed by atoms with van der Waals surface area (Å²) in [5.41, 5.74) is 1.68. The molecule has 62 valence electrons. The Balaban J connectivity index is 2.60. The van der Waals surface area contributed by atoms with E-state index in [0.29, 0.717) is 0 Å². The van der Waals surface area contributed by atoms with Crippen LogP contribution in [0.4, 0.5) is 0 Å². The minimum Gasteiger partial charge on any atom is -0.463 e. The van der Waals surface area contributed by atoms with E-state index >= 15 is 0 Å². The fourth-order valence-electron chi connectivity index (χ4n) is 1.10. The van der Waals surface area contributed by atoms with Crippen LogP contribution in [-0.2, 0) is 0 Å². The molecule has 2 nitrogen and oxygen atoms in total. The van der Waals surface area contributed by atoms with Gasteiger partial charge in [-0.15, -0.1) is 11.6 Å². The van der Waals surface area contributed by atoms with Crippen LogP contribution in [0, 0.1) is 0 Å². The Morgan fingerprint density at radius 3 is 3.17 bits per heavy atom. The van der Waals surface area contributed by atoms with Crippen LogP contribution in [0.15, 0.2) is 29.0 Å². The Labute approximate surface area is 75.2 Å². The van der Waals surface area contributed by atoms with Crippen LogP contribution >= 0.6 is 11.6 Å². The quantitative estimate of drug-likeness (QED) is 0.632. The molecule has 1 unspecified atom stereocenters. The molecule has 2 heterocycles. The van der Waals surface area contributed by atoms with Crippen LogP contribution in [0.3, 0.4) is 0 Å². The molecule has 0 aromatic carbocycles. The van der Waals surface area contributed by atoms with Crippen LogP contribution in [0.25, 0.3) is 11.0 Å². The Kier molecular flexibility index (Phi) is 1.77. The second-order valence-corrected chi connectivity index (χ2v) is 3.34. The first-order chi connectivity index (χ1) is 5.77. The van der Waals surface area contributed by atoms with E-state index in [1.165, 1.54) is 0 Å². The summed E-state index contributed by atoms with van der Waals surface area (Å²) in [5, 5.41) is 0.997. The van der Waals surface area contributed by atoms with Crippen molar-refractivity contribution in [3.63, 3.8) is 0 Å². The van der Waals surface area contributed by atoms with Gasteiger partial charge in [0.1, 0.15) is 0 Å². The fourth-order valence-corrected chi connectivity index (χ4v) is 1.22. The van der Waals surface area contributed by atoms with E-state index in [4.69, 9.17) is 16.0 Å². The molecule has 3 heteroatoms. The van der Waals surface area contributed by atoms with E-state index < -0.39 is 0 Å². The second kappa shape index (κ2) is 2.79. The third-order valence-electron chi connectivity index (χ3n) is 1.77. The molecule has 2 aromatic rings. The van der Waals surface area contributed by atoms with Crippen molar-refractivity contribution in [3.05, 3.63) is 30.3 Å². The van der Waals surface area contributed by atoms with Gasteiger partial charge in [0, 0.05) is 5.39 Å². The van der Waals surface area contributed by atoms with Gasteiger partial charge in [-0.2, -0.15) is 0 Å². The zero-order chi connectivity index (χ0) is 8.55. The van der Waals surface area contributed by atoms with Crippen LogP contribution in [0.1, 0.15) is 18.0 Å². The number of aromatic nitrogens is 1. The summed E-state index contributed by atoms with van der Waals surface area (Å²) < 4.78 is 5.15. The number of furan rings is 1. The molecular formula is C9H8ClNO. The number of hydrogen-bond acceptors (Lipinski definition) is 2. The molecular weight excluding hydrogens is 174 g/mol. The summed E-state index contributed by atoms with van der Waals surface area (Å²) in [7, 11) is 0. The monoisotopic (exact) mass is 181 g/mol. The SMILES string of the molecule is CC(Cl)c1cc2ccoc2cn1. The van der Waals surface area contributed by atoms with Crippen molar-refractivity contribution < 1.29 is 4.42 Å². The highest BCUT2D eigenvalue weighted by Crippen LogP contribution is 2.21. The Bertz CT molecular complexity index is 394. The molecule has 12 heavy (non-hydrogen) atoms. The van der Waals surface area contributed by atoms with Crippen molar-refractivity contribution in [1.29, 1.82) is 0 Å². The van der Waals surface area contributed by atoms with Crippen LogP contribution in [0.5, 0.6) is 0 Å². The maximum atomic E-state index is 5.88. The smallest absolute Gasteiger partial charge is 0.152 e. The summed E-state index contributed by atoms with van der Waals surface area (Å²) in [6.45, 7) is 1.90. The summed E-state index contributed by atoms with van der Waals surface area (Å²) >= 11 is 5.88. The Morgan fingerprint density at radius 2 is 2.42 bits per heavy atom. The largest absolute Gasteiger partial charge is 0.463 e. The fraction of sp³-hybridized carbons (Fsp3) is 0.222. The molecule has 0 fully saturated rings. The lowest BCUT2D eigenvalue weighted by atomic mass is 10.2. The van der Waals surface area contributed by atoms with E-state index in [1.54, 1.807) is 12.5 Å². The van der Waals surface area contributed by atoms with Gasteiger partial charge in [0.15, 0.2) is 5.58 Å². The standard InChI is InChI=1S/C9H8ClNO/c1-6(10)8-4-7-2-3-12-9(7)5-11-8/h2-6H,1H3. The Morgan fingerprint density at radius 1 is 1.58 bits per heavy atom. The molecule has 0 radical (unpaired) electrons. The molecule has 0 amide bonds. The molecule has 0 aliphatic rings. The molecule has 0 saturated heterocycles. The van der Waals surface area contributed by atoms with Crippen LogP contribution < -0.4 is 0 Å². The normalized spacial score (nSPS) is 13.5. The van der Waals surface area contributed by atoms with E-state index in [0.717, 1.165) is 16.7 Å². The molecule has 0 bridgehead atoms. The number of pyridine rings is 1. The molecule has 0 spiro atoms. The summed E-state index contributed by atoms with van der Waals surface area (Å²) in [6, 6.07) is 3.84. The third kappa shape index (κ3) is 1.18. The van der Waals surface area contributed by atoms with E-state index in [-0.39, 0.29) is 5.38 Å². The topological polar surface area (TPSA) is 26.0 Å². The second-order valence-electron chi connectivity index (χ2n) is 2.68. The first-order valence-electron chi connectivity index (χ1n) is 3.74. The predicted molar refractivity (Wildman–Crippen MR) is 48.3 cm³/mol. The molecule has 0 aliphatic carbocycles. The van der Waals surface area contributed by atoms with Gasteiger partial charge in [-0.3, -0.25) is 4.98 Å². The van der Waals surface area contributed by atoms with Gasteiger partial charge in [0.2, 0.25) is 0 Å². The molecule has 1 atom stereocenters. The lowest BCUT2D eigenvalue weighted by Gasteiger charge is -2.00.